The molecule has 0 bridgehead atoms. The maximum atomic E-state index is 15.1. The lowest BCUT2D eigenvalue weighted by Gasteiger charge is -2.40. The van der Waals surface area contributed by atoms with E-state index in [1.165, 1.54) is 0 Å². The number of carbonyl (C=O) groups is 1. The van der Waals surface area contributed by atoms with Crippen molar-refractivity contribution in [1.29, 1.82) is 0 Å². The molecule has 5 aliphatic rings. The number of nitrogens with zero attached hydrogens (tertiary/aromatic N) is 5. The number of aliphatic hydroxyl groups excluding tert-OH is 1. The Morgan fingerprint density at radius 3 is 1.77 bits per heavy atom. The molecule has 2 spiro atoms. The molecule has 4 heterocycles. The van der Waals surface area contributed by atoms with Gasteiger partial charge in [-0.15, -0.1) is 0 Å². The number of hydrogen-bond acceptors (Lipinski definition) is 10. The molecule has 2 aliphatic heterocycles. The SMILES string of the molecule is O=C1C(c2ccc3cccc4c3c2NC2(N4)c3ccccc3-c3nc4ccccc4nc32)=C(O)C1=c1ccc2cccc3c2c1=NC1(N3)c2ccccc2-c2nc3ccccc3nc21. The Hall–Kier alpha value is -8.76. The maximum Gasteiger partial charge on any atom is 0.202 e. The number of carbonyl (C=O) groups excluding carboxylic acids is 1. The normalized spacial score (nSPS) is 20.1. The van der Waals surface area contributed by atoms with E-state index in [1.54, 1.807) is 0 Å². The number of ketones is 1. The number of aliphatic hydroxyl groups is 1. The molecule has 10 heteroatoms. The van der Waals surface area contributed by atoms with E-state index >= 15 is 4.79 Å². The van der Waals surface area contributed by atoms with Gasteiger partial charge in [0.25, 0.3) is 0 Å². The first-order valence-corrected chi connectivity index (χ1v) is 21.3. The van der Waals surface area contributed by atoms with Gasteiger partial charge in [-0.25, -0.2) is 24.9 Å². The minimum Gasteiger partial charge on any atom is -0.506 e. The Bertz CT molecular complexity index is 4070. The Labute approximate surface area is 363 Å². The van der Waals surface area contributed by atoms with Crippen LogP contribution in [0.15, 0.2) is 168 Å². The van der Waals surface area contributed by atoms with E-state index in [4.69, 9.17) is 24.9 Å². The first-order valence-electron chi connectivity index (χ1n) is 21.3. The number of nitrogens with one attached hydrogen (secondary N) is 3. The molecule has 10 aromatic rings. The molecule has 64 heavy (non-hydrogen) atoms. The average Bonchev–Trinajstić information content (AvgIpc) is 3.73. The van der Waals surface area contributed by atoms with Crippen LogP contribution in [0.1, 0.15) is 28.1 Å². The standard InChI is InChI=1S/C54H30N8O2/c63-49-43(31-25-23-27-11-9-21-39-41(27)45(31)61-53(59-39)33-15-3-1-13-29(33)47-51(53)57-37-19-7-5-17-35(37)55-47)50(64)44(49)32-26-24-28-12-10-22-40-42(28)46(32)62-54(60-40)34-16-4-2-14-30(34)48-52(54)58-38-20-8-6-18-36(38)56-48/h1-26,59-61,63H. The summed E-state index contributed by atoms with van der Waals surface area (Å²) in [6.07, 6.45) is 0. The smallest absolute Gasteiger partial charge is 0.202 e. The van der Waals surface area contributed by atoms with Crippen molar-refractivity contribution in [3.8, 4) is 22.5 Å². The van der Waals surface area contributed by atoms with Gasteiger partial charge in [0.2, 0.25) is 11.4 Å². The summed E-state index contributed by atoms with van der Waals surface area (Å²) >= 11 is 0. The molecular weight excluding hydrogens is 793 g/mol. The second-order valence-electron chi connectivity index (χ2n) is 17.0. The number of anilines is 3. The van der Waals surface area contributed by atoms with E-state index in [1.807, 2.05) is 121 Å². The van der Waals surface area contributed by atoms with Crippen molar-refractivity contribution in [3.05, 3.63) is 202 Å². The highest BCUT2D eigenvalue weighted by Crippen LogP contribution is 2.55. The van der Waals surface area contributed by atoms with Crippen molar-refractivity contribution >= 4 is 77.6 Å². The summed E-state index contributed by atoms with van der Waals surface area (Å²) in [5.41, 5.74) is 11.2. The van der Waals surface area contributed by atoms with E-state index in [0.717, 1.165) is 100 Å². The van der Waals surface area contributed by atoms with Gasteiger partial charge >= 0.3 is 0 Å². The van der Waals surface area contributed by atoms with Crippen molar-refractivity contribution in [2.24, 2.45) is 4.99 Å². The molecule has 0 radical (unpaired) electrons. The van der Waals surface area contributed by atoms with Gasteiger partial charge in [-0.2, -0.15) is 0 Å². The molecule has 15 rings (SSSR count). The molecule has 0 fully saturated rings. The Morgan fingerprint density at radius 1 is 0.469 bits per heavy atom. The number of benzene rings is 8. The molecule has 10 nitrogen and oxygen atoms in total. The third-order valence-electron chi connectivity index (χ3n) is 13.8. The van der Waals surface area contributed by atoms with Crippen LogP contribution in [0.4, 0.5) is 17.1 Å². The number of fused-ring (bicyclic) bond motifs is 12. The van der Waals surface area contributed by atoms with Crippen LogP contribution in [-0.4, -0.2) is 30.8 Å². The number of para-hydroxylation sites is 4. The zero-order valence-corrected chi connectivity index (χ0v) is 33.6. The first kappa shape index (κ1) is 33.9. The van der Waals surface area contributed by atoms with Crippen molar-refractivity contribution in [3.63, 3.8) is 0 Å². The molecule has 8 aromatic carbocycles. The molecule has 0 saturated heterocycles. The lowest BCUT2D eigenvalue weighted by atomic mass is 9.79. The molecule has 2 aromatic heterocycles. The Balaban J connectivity index is 0.972. The number of rotatable bonds is 1. The van der Waals surface area contributed by atoms with E-state index in [9.17, 15) is 5.11 Å². The number of Topliss-reactive ketones (excluding diaryl/α,β-unsaturated/α-hetero) is 1. The highest BCUT2D eigenvalue weighted by Gasteiger charge is 2.51. The van der Waals surface area contributed by atoms with Crippen LogP contribution in [-0.2, 0) is 16.1 Å². The fourth-order valence-corrected chi connectivity index (χ4v) is 11.0. The summed E-state index contributed by atoms with van der Waals surface area (Å²) in [6, 6.07) is 52.2. The van der Waals surface area contributed by atoms with Crippen LogP contribution in [0.5, 0.6) is 0 Å². The summed E-state index contributed by atoms with van der Waals surface area (Å²) in [4.78, 5) is 41.5. The number of aromatic nitrogens is 4. The average molecular weight is 823 g/mol. The van der Waals surface area contributed by atoms with Gasteiger partial charge in [0.1, 0.15) is 17.1 Å². The summed E-state index contributed by atoms with van der Waals surface area (Å²) < 4.78 is 0. The Kier molecular flexibility index (Phi) is 6.13. The van der Waals surface area contributed by atoms with Crippen LogP contribution in [0.25, 0.3) is 77.3 Å². The van der Waals surface area contributed by atoms with E-state index in [0.29, 0.717) is 21.8 Å². The molecule has 2 atom stereocenters. The summed E-state index contributed by atoms with van der Waals surface area (Å²) in [5, 5.41) is 28.9. The zero-order valence-electron chi connectivity index (χ0n) is 33.6. The molecule has 298 valence electrons. The lowest BCUT2D eigenvalue weighted by Crippen LogP contribution is -2.46. The van der Waals surface area contributed by atoms with Crippen molar-refractivity contribution in [1.82, 2.24) is 19.9 Å². The second kappa shape index (κ2) is 11.6. The summed E-state index contributed by atoms with van der Waals surface area (Å²) in [7, 11) is 0. The molecule has 2 unspecified atom stereocenters. The van der Waals surface area contributed by atoms with Gasteiger partial charge in [0, 0.05) is 55.2 Å². The topological polar surface area (TPSA) is 137 Å². The summed E-state index contributed by atoms with van der Waals surface area (Å²) in [5.74, 6) is -0.355. The van der Waals surface area contributed by atoms with Gasteiger partial charge in [-0.1, -0.05) is 121 Å². The van der Waals surface area contributed by atoms with Gasteiger partial charge in [-0.3, -0.25) is 4.79 Å². The predicted molar refractivity (Wildman–Crippen MR) is 249 cm³/mol. The predicted octanol–water partition coefficient (Wildman–Crippen LogP) is 9.23. The minimum atomic E-state index is -1.15. The van der Waals surface area contributed by atoms with Crippen LogP contribution < -0.4 is 26.5 Å². The number of allylic oxidation sites excluding steroid dienone is 2. The third kappa shape index (κ3) is 4.06. The van der Waals surface area contributed by atoms with Crippen LogP contribution in [0, 0.1) is 0 Å². The fraction of sp³-hybridized carbons (Fsp3) is 0.0370. The third-order valence-corrected chi connectivity index (χ3v) is 13.8. The van der Waals surface area contributed by atoms with Crippen LogP contribution >= 0.6 is 0 Å². The van der Waals surface area contributed by atoms with Crippen LogP contribution in [0.2, 0.25) is 0 Å². The van der Waals surface area contributed by atoms with Gasteiger partial charge in [0.15, 0.2) is 5.66 Å². The molecular formula is C54H30N8O2. The monoisotopic (exact) mass is 822 g/mol. The first-order chi connectivity index (χ1) is 31.5. The molecule has 0 saturated carbocycles. The van der Waals surface area contributed by atoms with Crippen molar-refractivity contribution < 1.29 is 9.90 Å². The fourth-order valence-electron chi connectivity index (χ4n) is 11.0. The highest BCUT2D eigenvalue weighted by molar-refractivity contribution is 6.52. The highest BCUT2D eigenvalue weighted by atomic mass is 16.3. The summed E-state index contributed by atoms with van der Waals surface area (Å²) in [6.45, 7) is 0. The van der Waals surface area contributed by atoms with Gasteiger partial charge in [0.05, 0.1) is 55.6 Å². The molecule has 4 N–H and O–H groups in total. The molecule has 3 aliphatic carbocycles. The number of hydrogen-bond donors (Lipinski definition) is 4. The Morgan fingerprint density at radius 2 is 1.05 bits per heavy atom. The molecule has 0 amide bonds. The zero-order chi connectivity index (χ0) is 42.1. The quantitative estimate of drug-likeness (QED) is 0.128. The van der Waals surface area contributed by atoms with Crippen molar-refractivity contribution in [2.45, 2.75) is 11.3 Å². The van der Waals surface area contributed by atoms with E-state index < -0.39 is 11.3 Å². The minimum absolute atomic E-state index is 0.0839. The van der Waals surface area contributed by atoms with Gasteiger partial charge in [-0.05, 0) is 47.2 Å². The largest absolute Gasteiger partial charge is 0.506 e. The second-order valence-corrected chi connectivity index (χ2v) is 17.0. The maximum absolute atomic E-state index is 15.1. The van der Waals surface area contributed by atoms with Crippen molar-refractivity contribution in [2.75, 3.05) is 16.0 Å². The lowest BCUT2D eigenvalue weighted by molar-refractivity contribution is -0.109. The van der Waals surface area contributed by atoms with E-state index in [-0.39, 0.29) is 22.7 Å². The van der Waals surface area contributed by atoms with Gasteiger partial charge < -0.3 is 21.1 Å². The van der Waals surface area contributed by atoms with E-state index in [2.05, 4.69) is 52.3 Å². The van der Waals surface area contributed by atoms with Crippen LogP contribution in [0.3, 0.4) is 0 Å².